The molecule has 0 unspecified atom stereocenters. The number of aliphatic carboxylic acids is 1. The first-order valence-electron chi connectivity index (χ1n) is 5.77. The van der Waals surface area contributed by atoms with Gasteiger partial charge in [0.2, 0.25) is 5.91 Å². The third kappa shape index (κ3) is 2.82. The number of carbonyl (C=O) groups is 2. The molecule has 3 atom stereocenters. The van der Waals surface area contributed by atoms with Crippen LogP contribution < -0.4 is 5.32 Å². The van der Waals surface area contributed by atoms with Gasteiger partial charge in [0.05, 0.1) is 0 Å². The molecule has 0 saturated heterocycles. The monoisotopic (exact) mass is 267 g/mol. The van der Waals surface area contributed by atoms with Gasteiger partial charge in [0.25, 0.3) is 0 Å². The molecule has 1 aliphatic carbocycles. The summed E-state index contributed by atoms with van der Waals surface area (Å²) < 4.78 is 0. The van der Waals surface area contributed by atoms with Crippen LogP contribution in [0.3, 0.4) is 0 Å². The third-order valence-electron chi connectivity index (χ3n) is 3.15. The average molecular weight is 268 g/mol. The fourth-order valence-corrected chi connectivity index (χ4v) is 2.07. The highest BCUT2D eigenvalue weighted by Crippen LogP contribution is 2.47. The van der Waals surface area contributed by atoms with Crippen LogP contribution in [0.1, 0.15) is 24.8 Å². The van der Waals surface area contributed by atoms with Crippen LogP contribution in [0.4, 0.5) is 0 Å². The summed E-state index contributed by atoms with van der Waals surface area (Å²) in [6.07, 6.45) is 0.764. The van der Waals surface area contributed by atoms with E-state index < -0.39 is 12.0 Å². The minimum atomic E-state index is -1.02. The fraction of sp³-hybridized carbons (Fsp3) is 0.385. The van der Waals surface area contributed by atoms with Crippen molar-refractivity contribution in [2.24, 2.45) is 5.92 Å². The van der Waals surface area contributed by atoms with E-state index in [1.807, 2.05) is 12.1 Å². The van der Waals surface area contributed by atoms with Gasteiger partial charge in [-0.2, -0.15) is 0 Å². The van der Waals surface area contributed by atoms with Gasteiger partial charge in [-0.1, -0.05) is 23.7 Å². The molecule has 1 aliphatic rings. The van der Waals surface area contributed by atoms with Crippen LogP contribution in [-0.4, -0.2) is 23.0 Å². The van der Waals surface area contributed by atoms with Crippen LogP contribution in [0.2, 0.25) is 5.02 Å². The number of hydrogen-bond acceptors (Lipinski definition) is 2. The molecule has 0 heterocycles. The standard InChI is InChI=1S/C13H14ClNO3/c1-7(13(17)18)15-12(16)11-6-10(11)8-2-4-9(14)5-3-8/h2-5,7,10-11H,6H2,1H3,(H,15,16)(H,17,18)/t7-,10+,11+/m0/s1. The Labute approximate surface area is 110 Å². The quantitative estimate of drug-likeness (QED) is 0.877. The summed E-state index contributed by atoms with van der Waals surface area (Å²) in [5.74, 6) is -1.15. The molecule has 18 heavy (non-hydrogen) atoms. The number of carbonyl (C=O) groups excluding carboxylic acids is 1. The third-order valence-corrected chi connectivity index (χ3v) is 3.41. The predicted molar refractivity (Wildman–Crippen MR) is 67.5 cm³/mol. The molecule has 1 saturated carbocycles. The lowest BCUT2D eigenvalue weighted by atomic mass is 10.1. The van der Waals surface area contributed by atoms with Gasteiger partial charge in [0, 0.05) is 10.9 Å². The van der Waals surface area contributed by atoms with E-state index >= 15 is 0 Å². The average Bonchev–Trinajstić information content (AvgIpc) is 3.09. The van der Waals surface area contributed by atoms with Crippen molar-refractivity contribution in [1.82, 2.24) is 5.32 Å². The van der Waals surface area contributed by atoms with Gasteiger partial charge in [0.1, 0.15) is 6.04 Å². The number of hydrogen-bond donors (Lipinski definition) is 2. The Hall–Kier alpha value is -1.55. The Morgan fingerprint density at radius 2 is 2.00 bits per heavy atom. The summed E-state index contributed by atoms with van der Waals surface area (Å²) in [4.78, 5) is 22.4. The smallest absolute Gasteiger partial charge is 0.325 e. The maximum atomic E-state index is 11.8. The van der Waals surface area contributed by atoms with Crippen LogP contribution in [-0.2, 0) is 9.59 Å². The number of benzene rings is 1. The predicted octanol–water partition coefficient (Wildman–Crippen LogP) is 2.03. The van der Waals surface area contributed by atoms with E-state index in [1.165, 1.54) is 6.92 Å². The Balaban J connectivity index is 1.93. The molecule has 0 aliphatic heterocycles. The first-order valence-corrected chi connectivity index (χ1v) is 6.15. The van der Waals surface area contributed by atoms with Gasteiger partial charge in [-0.25, -0.2) is 0 Å². The van der Waals surface area contributed by atoms with E-state index in [1.54, 1.807) is 12.1 Å². The van der Waals surface area contributed by atoms with Crippen LogP contribution in [0, 0.1) is 5.92 Å². The first-order chi connectivity index (χ1) is 8.49. The molecule has 1 fully saturated rings. The number of carboxylic acids is 1. The second-order valence-electron chi connectivity index (χ2n) is 4.57. The number of nitrogens with one attached hydrogen (secondary N) is 1. The number of carboxylic acid groups (broad SMARTS) is 1. The number of amides is 1. The molecular formula is C13H14ClNO3. The van der Waals surface area contributed by atoms with Gasteiger partial charge in [0.15, 0.2) is 0 Å². The van der Waals surface area contributed by atoms with E-state index in [0.717, 1.165) is 12.0 Å². The zero-order valence-corrected chi connectivity index (χ0v) is 10.6. The van der Waals surface area contributed by atoms with E-state index in [-0.39, 0.29) is 17.7 Å². The Bertz CT molecular complexity index is 472. The maximum Gasteiger partial charge on any atom is 0.325 e. The van der Waals surface area contributed by atoms with E-state index in [2.05, 4.69) is 5.32 Å². The summed E-state index contributed by atoms with van der Waals surface area (Å²) in [6, 6.07) is 6.56. The largest absolute Gasteiger partial charge is 0.480 e. The molecule has 1 aromatic rings. The second-order valence-corrected chi connectivity index (χ2v) is 5.01. The van der Waals surface area contributed by atoms with Crippen molar-refractivity contribution in [1.29, 1.82) is 0 Å². The van der Waals surface area contributed by atoms with Crippen molar-refractivity contribution in [3.63, 3.8) is 0 Å². The van der Waals surface area contributed by atoms with E-state index in [9.17, 15) is 9.59 Å². The maximum absolute atomic E-state index is 11.8. The molecule has 1 aromatic carbocycles. The molecule has 2 rings (SSSR count). The molecule has 0 spiro atoms. The highest BCUT2D eigenvalue weighted by molar-refractivity contribution is 6.30. The van der Waals surface area contributed by atoms with Gasteiger partial charge in [-0.05, 0) is 37.0 Å². The molecule has 96 valence electrons. The van der Waals surface area contributed by atoms with Gasteiger partial charge in [-0.15, -0.1) is 0 Å². The van der Waals surface area contributed by atoms with Crippen molar-refractivity contribution >= 4 is 23.5 Å². The van der Waals surface area contributed by atoms with Gasteiger partial charge < -0.3 is 10.4 Å². The minimum absolute atomic E-state index is 0.118. The molecule has 0 radical (unpaired) electrons. The summed E-state index contributed by atoms with van der Waals surface area (Å²) >= 11 is 5.79. The van der Waals surface area contributed by atoms with Crippen molar-refractivity contribution in [2.45, 2.75) is 25.3 Å². The van der Waals surface area contributed by atoms with Crippen molar-refractivity contribution in [2.75, 3.05) is 0 Å². The fourth-order valence-electron chi connectivity index (χ4n) is 1.95. The van der Waals surface area contributed by atoms with Crippen molar-refractivity contribution in [3.8, 4) is 0 Å². The molecular weight excluding hydrogens is 254 g/mol. The van der Waals surface area contributed by atoms with Crippen molar-refractivity contribution in [3.05, 3.63) is 34.9 Å². The Morgan fingerprint density at radius 1 is 1.39 bits per heavy atom. The van der Waals surface area contributed by atoms with Crippen molar-refractivity contribution < 1.29 is 14.7 Å². The summed E-state index contributed by atoms with van der Waals surface area (Å²) in [5, 5.41) is 11.9. The van der Waals surface area contributed by atoms with Gasteiger partial charge in [-0.3, -0.25) is 9.59 Å². The molecule has 2 N–H and O–H groups in total. The van der Waals surface area contributed by atoms with Crippen LogP contribution >= 0.6 is 11.6 Å². The zero-order valence-electron chi connectivity index (χ0n) is 9.89. The molecule has 5 heteroatoms. The normalized spacial score (nSPS) is 23.2. The van der Waals surface area contributed by atoms with E-state index in [4.69, 9.17) is 16.7 Å². The zero-order chi connectivity index (χ0) is 13.3. The lowest BCUT2D eigenvalue weighted by Gasteiger charge is -2.08. The topological polar surface area (TPSA) is 66.4 Å². The molecule has 1 amide bonds. The highest BCUT2D eigenvalue weighted by Gasteiger charge is 2.44. The minimum Gasteiger partial charge on any atom is -0.480 e. The van der Waals surface area contributed by atoms with Crippen LogP contribution in [0.15, 0.2) is 24.3 Å². The molecule has 0 bridgehead atoms. The van der Waals surface area contributed by atoms with Gasteiger partial charge >= 0.3 is 5.97 Å². The SMILES string of the molecule is C[C@H](NC(=O)[C@@H]1C[C@@H]1c1ccc(Cl)cc1)C(=O)O. The second kappa shape index (κ2) is 4.98. The lowest BCUT2D eigenvalue weighted by Crippen LogP contribution is -2.39. The molecule has 0 aromatic heterocycles. The Morgan fingerprint density at radius 3 is 2.56 bits per heavy atom. The molecule has 4 nitrogen and oxygen atoms in total. The van der Waals surface area contributed by atoms with E-state index in [0.29, 0.717) is 5.02 Å². The number of halogens is 1. The summed E-state index contributed by atoms with van der Waals surface area (Å²) in [6.45, 7) is 1.46. The van der Waals surface area contributed by atoms with Crippen LogP contribution in [0.5, 0.6) is 0 Å². The lowest BCUT2D eigenvalue weighted by molar-refractivity contribution is -0.141. The number of rotatable bonds is 4. The highest BCUT2D eigenvalue weighted by atomic mass is 35.5. The first kappa shape index (κ1) is 12.9. The Kier molecular flexibility index (Phi) is 3.57. The summed E-state index contributed by atoms with van der Waals surface area (Å²) in [7, 11) is 0. The van der Waals surface area contributed by atoms with Crippen LogP contribution in [0.25, 0.3) is 0 Å². The summed E-state index contributed by atoms with van der Waals surface area (Å²) in [5.41, 5.74) is 1.07.